The molecule has 2 aliphatic heterocycles. The Morgan fingerprint density at radius 3 is 2.76 bits per heavy atom. The fraction of sp³-hybridized carbons (Fsp3) is 0.364. The average molecular weight is 300 g/mol. The molecule has 0 unspecified atom stereocenters. The van der Waals surface area contributed by atoms with Gasteiger partial charge in [0.05, 0.1) is 12.6 Å². The van der Waals surface area contributed by atoms with E-state index in [1.54, 1.807) is 0 Å². The standard InChI is InChI=1S/C11H10BrNO4/c12-7-4-10-9(16-5-17-10)3-6(7)8-1-2-15-11(14)13-8/h3-4,8H,1-2,5H2,(H,13,14)/t8-/m0/s1. The first-order valence-corrected chi connectivity index (χ1v) is 6.05. The van der Waals surface area contributed by atoms with Gasteiger partial charge in [-0.05, 0) is 17.7 Å². The van der Waals surface area contributed by atoms with Gasteiger partial charge in [-0.1, -0.05) is 15.9 Å². The number of fused-ring (bicyclic) bond motifs is 1. The zero-order chi connectivity index (χ0) is 11.8. The number of hydrogen-bond donors (Lipinski definition) is 1. The van der Waals surface area contributed by atoms with Crippen LogP contribution in [0.25, 0.3) is 0 Å². The summed E-state index contributed by atoms with van der Waals surface area (Å²) in [4.78, 5) is 11.2. The quantitative estimate of drug-likeness (QED) is 0.865. The van der Waals surface area contributed by atoms with Gasteiger partial charge in [-0.25, -0.2) is 4.79 Å². The molecule has 0 saturated carbocycles. The van der Waals surface area contributed by atoms with Crippen molar-refractivity contribution in [2.45, 2.75) is 12.5 Å². The van der Waals surface area contributed by atoms with E-state index in [9.17, 15) is 4.79 Å². The van der Waals surface area contributed by atoms with Crippen molar-refractivity contribution in [3.63, 3.8) is 0 Å². The van der Waals surface area contributed by atoms with E-state index in [0.29, 0.717) is 12.4 Å². The lowest BCUT2D eigenvalue weighted by Gasteiger charge is -2.24. The third-order valence-electron chi connectivity index (χ3n) is 2.80. The first-order chi connectivity index (χ1) is 8.24. The predicted octanol–water partition coefficient (Wildman–Crippen LogP) is 2.35. The summed E-state index contributed by atoms with van der Waals surface area (Å²) < 4.78 is 16.3. The fourth-order valence-corrected chi connectivity index (χ4v) is 2.56. The van der Waals surface area contributed by atoms with Gasteiger partial charge in [0.25, 0.3) is 0 Å². The van der Waals surface area contributed by atoms with Crippen molar-refractivity contribution in [3.05, 3.63) is 22.2 Å². The van der Waals surface area contributed by atoms with Crippen molar-refractivity contribution in [2.75, 3.05) is 13.4 Å². The van der Waals surface area contributed by atoms with Crippen LogP contribution in [-0.4, -0.2) is 19.5 Å². The monoisotopic (exact) mass is 299 g/mol. The van der Waals surface area contributed by atoms with Crippen molar-refractivity contribution in [2.24, 2.45) is 0 Å². The summed E-state index contributed by atoms with van der Waals surface area (Å²) >= 11 is 3.48. The number of alkyl carbamates (subject to hydrolysis) is 1. The van der Waals surface area contributed by atoms with Gasteiger partial charge < -0.3 is 19.5 Å². The molecule has 1 atom stereocenters. The Bertz CT molecular complexity index is 477. The highest BCUT2D eigenvalue weighted by Crippen LogP contribution is 2.40. The lowest BCUT2D eigenvalue weighted by Crippen LogP contribution is -2.35. The maximum Gasteiger partial charge on any atom is 0.407 e. The van der Waals surface area contributed by atoms with Crippen LogP contribution in [0, 0.1) is 0 Å². The van der Waals surface area contributed by atoms with Gasteiger partial charge in [0.15, 0.2) is 11.5 Å². The second-order valence-electron chi connectivity index (χ2n) is 3.85. The topological polar surface area (TPSA) is 56.8 Å². The Kier molecular flexibility index (Phi) is 2.58. The van der Waals surface area contributed by atoms with Gasteiger partial charge in [-0.2, -0.15) is 0 Å². The van der Waals surface area contributed by atoms with Crippen LogP contribution in [0.5, 0.6) is 11.5 Å². The van der Waals surface area contributed by atoms with Crippen LogP contribution in [0.1, 0.15) is 18.0 Å². The van der Waals surface area contributed by atoms with E-state index in [1.807, 2.05) is 12.1 Å². The minimum absolute atomic E-state index is 0.0554. The molecule has 0 radical (unpaired) electrons. The number of amides is 1. The average Bonchev–Trinajstić information content (AvgIpc) is 2.75. The normalized spacial score (nSPS) is 21.9. The van der Waals surface area contributed by atoms with Gasteiger partial charge in [0, 0.05) is 10.9 Å². The lowest BCUT2D eigenvalue weighted by molar-refractivity contribution is 0.115. The molecular weight excluding hydrogens is 290 g/mol. The van der Waals surface area contributed by atoms with Gasteiger partial charge in [0.1, 0.15) is 0 Å². The Morgan fingerprint density at radius 1 is 1.24 bits per heavy atom. The Hall–Kier alpha value is -1.43. The number of carbonyl (C=O) groups excluding carboxylic acids is 1. The molecule has 0 spiro atoms. The Morgan fingerprint density at radius 2 is 2.00 bits per heavy atom. The molecule has 3 rings (SSSR count). The molecule has 90 valence electrons. The van der Waals surface area contributed by atoms with E-state index in [4.69, 9.17) is 14.2 Å². The van der Waals surface area contributed by atoms with Crippen molar-refractivity contribution in [1.29, 1.82) is 0 Å². The summed E-state index contributed by atoms with van der Waals surface area (Å²) in [6, 6.07) is 3.70. The summed E-state index contributed by atoms with van der Waals surface area (Å²) in [5.74, 6) is 1.43. The SMILES string of the molecule is O=C1N[C@H](c2cc3c(cc2Br)OCO3)CCO1. The summed E-state index contributed by atoms with van der Waals surface area (Å²) in [5.41, 5.74) is 0.978. The molecule has 6 heteroatoms. The van der Waals surface area contributed by atoms with Crippen molar-refractivity contribution >= 4 is 22.0 Å². The molecule has 2 heterocycles. The number of cyclic esters (lactones) is 1. The van der Waals surface area contributed by atoms with Crippen molar-refractivity contribution in [1.82, 2.24) is 5.32 Å². The van der Waals surface area contributed by atoms with Gasteiger partial charge in [-0.3, -0.25) is 0 Å². The maximum absolute atomic E-state index is 11.2. The number of ether oxygens (including phenoxy) is 3. The summed E-state index contributed by atoms with van der Waals surface area (Å²) in [7, 11) is 0. The van der Waals surface area contributed by atoms with E-state index < -0.39 is 0 Å². The van der Waals surface area contributed by atoms with Gasteiger partial charge in [-0.15, -0.1) is 0 Å². The van der Waals surface area contributed by atoms with Crippen molar-refractivity contribution < 1.29 is 19.0 Å². The molecule has 0 aliphatic carbocycles. The second-order valence-corrected chi connectivity index (χ2v) is 4.70. The predicted molar refractivity (Wildman–Crippen MR) is 62.1 cm³/mol. The number of hydrogen-bond acceptors (Lipinski definition) is 4. The third kappa shape index (κ3) is 1.93. The smallest absolute Gasteiger partial charge is 0.407 e. The van der Waals surface area contributed by atoms with Crippen LogP contribution in [0.2, 0.25) is 0 Å². The first-order valence-electron chi connectivity index (χ1n) is 5.26. The molecule has 1 N–H and O–H groups in total. The van der Waals surface area contributed by atoms with Crippen LogP contribution in [0.4, 0.5) is 4.79 Å². The third-order valence-corrected chi connectivity index (χ3v) is 3.49. The molecular formula is C11H10BrNO4. The van der Waals surface area contributed by atoms with Gasteiger partial charge in [0.2, 0.25) is 6.79 Å². The Balaban J connectivity index is 1.94. The number of benzene rings is 1. The zero-order valence-electron chi connectivity index (χ0n) is 8.86. The molecule has 1 aromatic carbocycles. The highest BCUT2D eigenvalue weighted by Gasteiger charge is 2.25. The molecule has 17 heavy (non-hydrogen) atoms. The van der Waals surface area contributed by atoms with E-state index in [0.717, 1.165) is 22.2 Å². The summed E-state index contributed by atoms with van der Waals surface area (Å²) in [5, 5.41) is 2.78. The largest absolute Gasteiger partial charge is 0.454 e. The number of nitrogens with one attached hydrogen (secondary N) is 1. The molecule has 5 nitrogen and oxygen atoms in total. The Labute approximate surface area is 106 Å². The maximum atomic E-state index is 11.2. The highest BCUT2D eigenvalue weighted by atomic mass is 79.9. The van der Waals surface area contributed by atoms with Crippen molar-refractivity contribution in [3.8, 4) is 11.5 Å². The van der Waals surface area contributed by atoms with E-state index in [1.165, 1.54) is 0 Å². The molecule has 2 aliphatic rings. The molecule has 0 aromatic heterocycles. The number of rotatable bonds is 1. The number of carbonyl (C=O) groups is 1. The molecule has 1 fully saturated rings. The van der Waals surface area contributed by atoms with Crippen LogP contribution in [-0.2, 0) is 4.74 Å². The molecule has 0 bridgehead atoms. The van der Waals surface area contributed by atoms with Crippen LogP contribution in [0.15, 0.2) is 16.6 Å². The molecule has 1 aromatic rings. The molecule has 1 amide bonds. The minimum Gasteiger partial charge on any atom is -0.454 e. The van der Waals surface area contributed by atoms with Crippen LogP contribution in [0.3, 0.4) is 0 Å². The first kappa shape index (κ1) is 10.7. The van der Waals surface area contributed by atoms with E-state index in [2.05, 4.69) is 21.2 Å². The zero-order valence-corrected chi connectivity index (χ0v) is 10.5. The summed E-state index contributed by atoms with van der Waals surface area (Å²) in [6.45, 7) is 0.669. The fourth-order valence-electron chi connectivity index (χ4n) is 1.96. The summed E-state index contributed by atoms with van der Waals surface area (Å²) in [6.07, 6.45) is 0.357. The van der Waals surface area contributed by atoms with Crippen LogP contribution < -0.4 is 14.8 Å². The second kappa shape index (κ2) is 4.10. The highest BCUT2D eigenvalue weighted by molar-refractivity contribution is 9.10. The minimum atomic E-state index is -0.384. The number of halogens is 1. The van der Waals surface area contributed by atoms with Crippen LogP contribution >= 0.6 is 15.9 Å². The molecule has 1 saturated heterocycles. The van der Waals surface area contributed by atoms with E-state index in [-0.39, 0.29) is 18.9 Å². The lowest BCUT2D eigenvalue weighted by atomic mass is 10.0. The van der Waals surface area contributed by atoms with E-state index >= 15 is 0 Å². The van der Waals surface area contributed by atoms with Gasteiger partial charge >= 0.3 is 6.09 Å².